The van der Waals surface area contributed by atoms with Crippen LogP contribution in [0.3, 0.4) is 0 Å². The van der Waals surface area contributed by atoms with Crippen LogP contribution in [0.15, 0.2) is 29.3 Å². The molecule has 24 heavy (non-hydrogen) atoms. The topological polar surface area (TPSA) is 36.9 Å². The molecule has 0 atom stereocenters. The zero-order valence-electron chi connectivity index (χ0n) is 14.5. The molecule has 136 valence electrons. The van der Waals surface area contributed by atoms with Gasteiger partial charge in [0.05, 0.1) is 0 Å². The van der Waals surface area contributed by atoms with E-state index in [1.54, 1.807) is 0 Å². The molecule has 1 fully saturated rings. The molecule has 0 aromatic heterocycles. The van der Waals surface area contributed by atoms with Crippen LogP contribution in [0.1, 0.15) is 18.4 Å². The predicted octanol–water partition coefficient (Wildman–Crippen LogP) is 3.88. The van der Waals surface area contributed by atoms with Gasteiger partial charge in [0.25, 0.3) is 0 Å². The van der Waals surface area contributed by atoms with Crippen LogP contribution in [0.5, 0.6) is 0 Å². The molecule has 7 heteroatoms. The summed E-state index contributed by atoms with van der Waals surface area (Å²) in [6, 6.07) is 7.94. The Bertz CT molecular complexity index is 521. The molecule has 0 unspecified atom stereocenters. The van der Waals surface area contributed by atoms with Gasteiger partial charge in [-0.3, -0.25) is 4.99 Å². The molecule has 1 saturated heterocycles. The largest absolute Gasteiger partial charge is 0.381 e. The SMILES string of the molecule is CN=C(NCC1(SC)CCOCC1)N(C)Cc1ccc(Cl)cc1.I. The Hall–Kier alpha value is -0.180. The van der Waals surface area contributed by atoms with E-state index in [1.807, 2.05) is 43.1 Å². The fourth-order valence-electron chi connectivity index (χ4n) is 2.76. The highest BCUT2D eigenvalue weighted by Gasteiger charge is 2.32. The first-order chi connectivity index (χ1) is 11.1. The first-order valence-corrected chi connectivity index (χ1v) is 9.48. The van der Waals surface area contributed by atoms with Gasteiger partial charge in [-0.2, -0.15) is 11.8 Å². The number of rotatable bonds is 5. The summed E-state index contributed by atoms with van der Waals surface area (Å²) in [6.07, 6.45) is 4.35. The summed E-state index contributed by atoms with van der Waals surface area (Å²) in [6.45, 7) is 3.41. The number of hydrogen-bond donors (Lipinski definition) is 1. The van der Waals surface area contributed by atoms with E-state index in [2.05, 4.69) is 28.5 Å². The van der Waals surface area contributed by atoms with Gasteiger partial charge in [-0.1, -0.05) is 23.7 Å². The molecule has 4 nitrogen and oxygen atoms in total. The van der Waals surface area contributed by atoms with Gasteiger partial charge in [0.15, 0.2) is 5.96 Å². The van der Waals surface area contributed by atoms with Crippen molar-refractivity contribution >= 4 is 53.3 Å². The molecule has 1 aliphatic rings. The molecule has 1 aliphatic heterocycles. The van der Waals surface area contributed by atoms with Crippen LogP contribution in [0, 0.1) is 0 Å². The molecule has 2 rings (SSSR count). The number of thioether (sulfide) groups is 1. The number of benzene rings is 1. The van der Waals surface area contributed by atoms with Crippen molar-refractivity contribution in [2.24, 2.45) is 4.99 Å². The zero-order valence-corrected chi connectivity index (χ0v) is 18.5. The third-order valence-corrected chi connectivity index (χ3v) is 5.98. The van der Waals surface area contributed by atoms with E-state index in [9.17, 15) is 0 Å². The van der Waals surface area contributed by atoms with Gasteiger partial charge in [-0.05, 0) is 36.8 Å². The molecule has 0 spiro atoms. The molecular formula is C17H27ClIN3OS. The minimum atomic E-state index is 0. The maximum absolute atomic E-state index is 5.94. The second kappa shape index (κ2) is 10.7. The molecule has 0 bridgehead atoms. The molecule has 1 N–H and O–H groups in total. The summed E-state index contributed by atoms with van der Waals surface area (Å²) in [5.41, 5.74) is 1.21. The Morgan fingerprint density at radius 3 is 2.50 bits per heavy atom. The lowest BCUT2D eigenvalue weighted by molar-refractivity contribution is 0.0781. The highest BCUT2D eigenvalue weighted by Crippen LogP contribution is 2.33. The number of aliphatic imine (C=N–C) groups is 1. The van der Waals surface area contributed by atoms with Crippen molar-refractivity contribution < 1.29 is 4.74 Å². The third-order valence-electron chi connectivity index (χ3n) is 4.31. The monoisotopic (exact) mass is 483 g/mol. The average Bonchev–Trinajstić information content (AvgIpc) is 2.58. The summed E-state index contributed by atoms with van der Waals surface area (Å²) in [7, 11) is 3.89. The first kappa shape index (κ1) is 21.9. The van der Waals surface area contributed by atoms with Crippen LogP contribution in [-0.2, 0) is 11.3 Å². The highest BCUT2D eigenvalue weighted by molar-refractivity contribution is 14.0. The van der Waals surface area contributed by atoms with Crippen molar-refractivity contribution in [1.82, 2.24) is 10.2 Å². The Kier molecular flexibility index (Phi) is 9.77. The zero-order chi connectivity index (χ0) is 16.7. The number of guanidine groups is 1. The van der Waals surface area contributed by atoms with Crippen LogP contribution in [-0.4, -0.2) is 55.7 Å². The van der Waals surface area contributed by atoms with E-state index in [0.717, 1.165) is 50.1 Å². The van der Waals surface area contributed by atoms with Gasteiger partial charge in [0.1, 0.15) is 0 Å². The van der Waals surface area contributed by atoms with Gasteiger partial charge in [0.2, 0.25) is 0 Å². The summed E-state index contributed by atoms with van der Waals surface area (Å²) < 4.78 is 5.75. The van der Waals surface area contributed by atoms with Crippen molar-refractivity contribution in [3.8, 4) is 0 Å². The Labute approximate surface area is 171 Å². The second-order valence-corrected chi connectivity index (χ2v) is 7.59. The van der Waals surface area contributed by atoms with Gasteiger partial charge in [0, 0.05) is 50.2 Å². The lowest BCUT2D eigenvalue weighted by Gasteiger charge is -2.37. The third kappa shape index (κ3) is 6.28. The number of nitrogens with zero attached hydrogens (tertiary/aromatic N) is 2. The van der Waals surface area contributed by atoms with E-state index in [-0.39, 0.29) is 28.7 Å². The van der Waals surface area contributed by atoms with Crippen molar-refractivity contribution in [3.63, 3.8) is 0 Å². The molecule has 0 radical (unpaired) electrons. The predicted molar refractivity (Wildman–Crippen MR) is 116 cm³/mol. The van der Waals surface area contributed by atoms with E-state index < -0.39 is 0 Å². The van der Waals surface area contributed by atoms with Crippen LogP contribution in [0.25, 0.3) is 0 Å². The van der Waals surface area contributed by atoms with Crippen LogP contribution >= 0.6 is 47.3 Å². The molecule has 1 aromatic carbocycles. The highest BCUT2D eigenvalue weighted by atomic mass is 127. The quantitative estimate of drug-likeness (QED) is 0.392. The van der Waals surface area contributed by atoms with Crippen molar-refractivity contribution in [2.75, 3.05) is 40.1 Å². The lowest BCUT2D eigenvalue weighted by Crippen LogP contribution is -2.48. The number of hydrogen-bond acceptors (Lipinski definition) is 3. The minimum Gasteiger partial charge on any atom is -0.381 e. The van der Waals surface area contributed by atoms with E-state index in [1.165, 1.54) is 5.56 Å². The van der Waals surface area contributed by atoms with Crippen molar-refractivity contribution in [1.29, 1.82) is 0 Å². The Morgan fingerprint density at radius 1 is 1.33 bits per heavy atom. The average molecular weight is 484 g/mol. The number of ether oxygens (including phenoxy) is 1. The van der Waals surface area contributed by atoms with E-state index in [4.69, 9.17) is 16.3 Å². The maximum Gasteiger partial charge on any atom is 0.193 e. The first-order valence-electron chi connectivity index (χ1n) is 7.88. The fraction of sp³-hybridized carbons (Fsp3) is 0.588. The van der Waals surface area contributed by atoms with Crippen molar-refractivity contribution in [2.45, 2.75) is 24.1 Å². The van der Waals surface area contributed by atoms with E-state index >= 15 is 0 Å². The molecule has 1 aromatic rings. The normalized spacial score (nSPS) is 17.1. The smallest absolute Gasteiger partial charge is 0.193 e. The molecule has 1 heterocycles. The number of nitrogens with one attached hydrogen (secondary N) is 1. The molecule has 0 saturated carbocycles. The van der Waals surface area contributed by atoms with Crippen LogP contribution in [0.2, 0.25) is 5.02 Å². The van der Waals surface area contributed by atoms with Crippen molar-refractivity contribution in [3.05, 3.63) is 34.9 Å². The summed E-state index contributed by atoms with van der Waals surface area (Å²) >= 11 is 7.88. The summed E-state index contributed by atoms with van der Waals surface area (Å²) in [5.74, 6) is 0.917. The Balaban J connectivity index is 0.00000288. The van der Waals surface area contributed by atoms with Gasteiger partial charge in [-0.15, -0.1) is 24.0 Å². The maximum atomic E-state index is 5.94. The lowest BCUT2D eigenvalue weighted by atomic mass is 9.99. The molecule has 0 amide bonds. The summed E-state index contributed by atoms with van der Waals surface area (Å²) in [4.78, 5) is 6.55. The van der Waals surface area contributed by atoms with Gasteiger partial charge >= 0.3 is 0 Å². The van der Waals surface area contributed by atoms with Crippen LogP contribution in [0.4, 0.5) is 0 Å². The van der Waals surface area contributed by atoms with Gasteiger partial charge < -0.3 is 15.0 Å². The standard InChI is InChI=1S/C17H26ClN3OS.HI/c1-19-16(20-13-17(23-3)8-10-22-11-9-17)21(2)12-14-4-6-15(18)7-5-14;/h4-7H,8-13H2,1-3H3,(H,19,20);1H. The molecule has 0 aliphatic carbocycles. The number of halogens is 2. The molecular weight excluding hydrogens is 457 g/mol. The fourth-order valence-corrected chi connectivity index (χ4v) is 3.68. The minimum absolute atomic E-state index is 0. The second-order valence-electron chi connectivity index (χ2n) is 5.88. The van der Waals surface area contributed by atoms with E-state index in [0.29, 0.717) is 0 Å². The summed E-state index contributed by atoms with van der Waals surface area (Å²) in [5, 5.41) is 4.30. The van der Waals surface area contributed by atoms with Gasteiger partial charge in [-0.25, -0.2) is 0 Å². The Morgan fingerprint density at radius 2 is 1.96 bits per heavy atom. The van der Waals surface area contributed by atoms with Crippen LogP contribution < -0.4 is 5.32 Å².